The van der Waals surface area contributed by atoms with Gasteiger partial charge in [0.15, 0.2) is 0 Å². The number of hydrogen-bond donors (Lipinski definition) is 0. The van der Waals surface area contributed by atoms with Gasteiger partial charge in [-0.3, -0.25) is 4.90 Å². The van der Waals surface area contributed by atoms with E-state index < -0.39 is 0 Å². The predicted octanol–water partition coefficient (Wildman–Crippen LogP) is 6.01. The molecule has 24 heavy (non-hydrogen) atoms. The Labute approximate surface area is 146 Å². The maximum atomic E-state index is 2.33. The van der Waals surface area contributed by atoms with Gasteiger partial charge < -0.3 is 0 Å². The smallest absolute Gasteiger partial charge is 0.0240 e. The third kappa shape index (κ3) is 5.07. The Balaban J connectivity index is 0.00000100. The van der Waals surface area contributed by atoms with E-state index in [1.165, 1.54) is 21.9 Å². The molecule has 124 valence electrons. The fourth-order valence-corrected chi connectivity index (χ4v) is 2.72. The molecule has 0 fully saturated rings. The molecule has 0 aliphatic heterocycles. The molecular weight excluding hydrogens is 290 g/mol. The van der Waals surface area contributed by atoms with Gasteiger partial charge in [-0.05, 0) is 28.9 Å². The van der Waals surface area contributed by atoms with Gasteiger partial charge in [0.2, 0.25) is 0 Å². The summed E-state index contributed by atoms with van der Waals surface area (Å²) in [4.78, 5) is 2.33. The van der Waals surface area contributed by atoms with Gasteiger partial charge >= 0.3 is 0 Å². The number of hydrogen-bond acceptors (Lipinski definition) is 1. The van der Waals surface area contributed by atoms with E-state index >= 15 is 0 Å². The lowest BCUT2D eigenvalue weighted by atomic mass is 10.0. The van der Waals surface area contributed by atoms with Crippen LogP contribution in [0.25, 0.3) is 16.8 Å². The zero-order valence-corrected chi connectivity index (χ0v) is 14.9. The monoisotopic (exact) mass is 317 g/mol. The maximum absolute atomic E-state index is 2.33. The fraction of sp³-hybridized carbons (Fsp3) is 0.217. The van der Waals surface area contributed by atoms with Crippen LogP contribution in [0.4, 0.5) is 0 Å². The first-order valence-electron chi connectivity index (χ1n) is 8.70. The summed E-state index contributed by atoms with van der Waals surface area (Å²) in [6.07, 6.45) is 4.40. The summed E-state index contributed by atoms with van der Waals surface area (Å²) in [5.41, 5.74) is 2.63. The average Bonchev–Trinajstić information content (AvgIpc) is 2.65. The minimum absolute atomic E-state index is 0.943. The molecule has 0 N–H and O–H groups in total. The molecule has 0 spiro atoms. The summed E-state index contributed by atoms with van der Waals surface area (Å²) in [5.74, 6) is 0. The normalized spacial score (nSPS) is 10.8. The summed E-state index contributed by atoms with van der Waals surface area (Å²) in [7, 11) is 2.16. The molecule has 3 aromatic carbocycles. The van der Waals surface area contributed by atoms with E-state index in [0.717, 1.165) is 13.1 Å². The Morgan fingerprint density at radius 1 is 0.792 bits per heavy atom. The number of likely N-dealkylation sites (N-methyl/N-ethyl adjacent to an activating group) is 1. The molecule has 1 heteroatoms. The molecule has 0 saturated carbocycles. The van der Waals surface area contributed by atoms with Gasteiger partial charge in [-0.25, -0.2) is 0 Å². The molecule has 3 aromatic rings. The molecule has 0 radical (unpaired) electrons. The van der Waals surface area contributed by atoms with Crippen molar-refractivity contribution in [2.45, 2.75) is 20.4 Å². The second-order valence-electron chi connectivity index (χ2n) is 5.65. The van der Waals surface area contributed by atoms with Crippen LogP contribution >= 0.6 is 0 Å². The van der Waals surface area contributed by atoms with Crippen molar-refractivity contribution in [3.8, 4) is 0 Å². The Bertz CT molecular complexity index is 754. The van der Waals surface area contributed by atoms with Crippen molar-refractivity contribution >= 4 is 16.8 Å². The summed E-state index contributed by atoms with van der Waals surface area (Å²) < 4.78 is 0. The average molecular weight is 317 g/mol. The standard InChI is InChI=1S/C21H21N.C2H6/c1-22(16-8-11-18-9-3-2-4-10-18)17-20-14-7-13-19-12-5-6-15-21(19)20;1-2/h2-15H,16-17H2,1H3;1-2H3/b11-8+;. The van der Waals surface area contributed by atoms with Crippen molar-refractivity contribution in [3.05, 3.63) is 90.0 Å². The molecule has 0 aliphatic rings. The van der Waals surface area contributed by atoms with E-state index in [4.69, 9.17) is 0 Å². The minimum atomic E-state index is 0.943. The second kappa shape index (κ2) is 9.69. The Kier molecular flexibility index (Phi) is 7.25. The van der Waals surface area contributed by atoms with Crippen molar-refractivity contribution in [1.29, 1.82) is 0 Å². The highest BCUT2D eigenvalue weighted by Crippen LogP contribution is 2.19. The zero-order chi connectivity index (χ0) is 17.2. The van der Waals surface area contributed by atoms with E-state index in [1.54, 1.807) is 0 Å². The van der Waals surface area contributed by atoms with Crippen LogP contribution in [0.5, 0.6) is 0 Å². The van der Waals surface area contributed by atoms with Crippen LogP contribution in [0.1, 0.15) is 25.0 Å². The Morgan fingerprint density at radius 3 is 2.25 bits per heavy atom. The van der Waals surface area contributed by atoms with Crippen molar-refractivity contribution in [2.75, 3.05) is 13.6 Å². The van der Waals surface area contributed by atoms with Crippen molar-refractivity contribution in [1.82, 2.24) is 4.90 Å². The van der Waals surface area contributed by atoms with Crippen LogP contribution in [0.2, 0.25) is 0 Å². The van der Waals surface area contributed by atoms with Crippen molar-refractivity contribution in [3.63, 3.8) is 0 Å². The van der Waals surface area contributed by atoms with E-state index in [1.807, 2.05) is 19.9 Å². The highest BCUT2D eigenvalue weighted by molar-refractivity contribution is 5.85. The molecule has 0 aliphatic carbocycles. The summed E-state index contributed by atoms with van der Waals surface area (Å²) in [5, 5.41) is 2.66. The van der Waals surface area contributed by atoms with E-state index in [2.05, 4.69) is 90.8 Å². The topological polar surface area (TPSA) is 3.24 Å². The first-order valence-corrected chi connectivity index (χ1v) is 8.70. The highest BCUT2D eigenvalue weighted by Gasteiger charge is 2.03. The molecule has 0 unspecified atom stereocenters. The van der Waals surface area contributed by atoms with E-state index in [-0.39, 0.29) is 0 Å². The maximum Gasteiger partial charge on any atom is 0.0240 e. The lowest BCUT2D eigenvalue weighted by Crippen LogP contribution is -2.17. The van der Waals surface area contributed by atoms with E-state index in [0.29, 0.717) is 0 Å². The first kappa shape index (κ1) is 18.0. The SMILES string of the molecule is CC.CN(C/C=C/c1ccccc1)Cc1cccc2ccccc12. The van der Waals surface area contributed by atoms with Gasteiger partial charge in [0.05, 0.1) is 0 Å². The van der Waals surface area contributed by atoms with Crippen LogP contribution in [0.3, 0.4) is 0 Å². The molecule has 0 heterocycles. The number of benzene rings is 3. The zero-order valence-electron chi connectivity index (χ0n) is 14.9. The molecule has 1 nitrogen and oxygen atoms in total. The lowest BCUT2D eigenvalue weighted by Gasteiger charge is -2.16. The fourth-order valence-electron chi connectivity index (χ4n) is 2.72. The Hall–Kier alpha value is -2.38. The van der Waals surface area contributed by atoms with Gasteiger partial charge in [-0.15, -0.1) is 0 Å². The quantitative estimate of drug-likeness (QED) is 0.557. The molecule has 0 saturated heterocycles. The van der Waals surface area contributed by atoms with Crippen LogP contribution in [0.15, 0.2) is 78.9 Å². The van der Waals surface area contributed by atoms with Crippen molar-refractivity contribution in [2.24, 2.45) is 0 Å². The molecule has 0 bridgehead atoms. The molecule has 3 rings (SSSR count). The van der Waals surface area contributed by atoms with Crippen LogP contribution in [-0.2, 0) is 6.54 Å². The summed E-state index contributed by atoms with van der Waals surface area (Å²) in [6, 6.07) is 25.6. The third-order valence-corrected chi connectivity index (χ3v) is 3.85. The highest BCUT2D eigenvalue weighted by atomic mass is 15.1. The minimum Gasteiger partial charge on any atom is -0.298 e. The number of rotatable bonds is 5. The van der Waals surface area contributed by atoms with Crippen LogP contribution in [-0.4, -0.2) is 18.5 Å². The number of fused-ring (bicyclic) bond motifs is 1. The van der Waals surface area contributed by atoms with Gasteiger partial charge in [-0.1, -0.05) is 98.8 Å². The Morgan fingerprint density at radius 2 is 1.46 bits per heavy atom. The van der Waals surface area contributed by atoms with E-state index in [9.17, 15) is 0 Å². The van der Waals surface area contributed by atoms with Crippen molar-refractivity contribution < 1.29 is 0 Å². The van der Waals surface area contributed by atoms with Gasteiger partial charge in [0, 0.05) is 13.1 Å². The summed E-state index contributed by atoms with van der Waals surface area (Å²) >= 11 is 0. The predicted molar refractivity (Wildman–Crippen MR) is 107 cm³/mol. The molecule has 0 atom stereocenters. The lowest BCUT2D eigenvalue weighted by molar-refractivity contribution is 0.365. The largest absolute Gasteiger partial charge is 0.298 e. The first-order chi connectivity index (χ1) is 11.8. The van der Waals surface area contributed by atoms with Gasteiger partial charge in [0.1, 0.15) is 0 Å². The summed E-state index contributed by atoms with van der Waals surface area (Å²) in [6.45, 7) is 5.90. The second-order valence-corrected chi connectivity index (χ2v) is 5.65. The molecule has 0 aromatic heterocycles. The number of nitrogens with zero attached hydrogens (tertiary/aromatic N) is 1. The van der Waals surface area contributed by atoms with Gasteiger partial charge in [0.25, 0.3) is 0 Å². The molecular formula is C23H27N. The van der Waals surface area contributed by atoms with Crippen LogP contribution < -0.4 is 0 Å². The molecule has 0 amide bonds. The van der Waals surface area contributed by atoms with Gasteiger partial charge in [-0.2, -0.15) is 0 Å². The third-order valence-electron chi connectivity index (χ3n) is 3.85. The van der Waals surface area contributed by atoms with Crippen LogP contribution in [0, 0.1) is 0 Å².